The molecule has 0 atom stereocenters. The molecule has 1 N–H and O–H groups in total. The predicted octanol–water partition coefficient (Wildman–Crippen LogP) is 2.02. The maximum atomic E-state index is 12.9. The second-order valence-electron chi connectivity index (χ2n) is 6.97. The van der Waals surface area contributed by atoms with Crippen LogP contribution in [-0.4, -0.2) is 57.0 Å². The van der Waals surface area contributed by atoms with E-state index in [1.807, 2.05) is 6.07 Å². The van der Waals surface area contributed by atoms with E-state index in [-0.39, 0.29) is 35.4 Å². The van der Waals surface area contributed by atoms with Crippen molar-refractivity contribution in [2.45, 2.75) is 17.7 Å². The van der Waals surface area contributed by atoms with Gasteiger partial charge in [-0.25, -0.2) is 13.4 Å². The molecule has 0 radical (unpaired) electrons. The van der Waals surface area contributed by atoms with Gasteiger partial charge in [0.2, 0.25) is 21.8 Å². The standard InChI is InChI=1S/C21H24N4O5S/c1-29-13-14-30-21-18(6-4-10-23-21)24-20(26)16-8-11-25(12-9-16)31(27,28)19-7-3-2-5-17(19)15-22/h2-7,10,16H,8-9,11-14H2,1H3,(H,24,26). The van der Waals surface area contributed by atoms with Crippen molar-refractivity contribution in [3.05, 3.63) is 48.2 Å². The highest BCUT2D eigenvalue weighted by atomic mass is 32.2. The van der Waals surface area contributed by atoms with Crippen LogP contribution in [0.2, 0.25) is 0 Å². The number of ether oxygens (including phenoxy) is 2. The van der Waals surface area contributed by atoms with Crippen LogP contribution in [0.25, 0.3) is 0 Å². The van der Waals surface area contributed by atoms with Gasteiger partial charge in [-0.1, -0.05) is 12.1 Å². The Hall–Kier alpha value is -3.00. The van der Waals surface area contributed by atoms with Crippen LogP contribution in [0.15, 0.2) is 47.5 Å². The van der Waals surface area contributed by atoms with Crippen LogP contribution in [0, 0.1) is 17.2 Å². The molecule has 1 aromatic heterocycles. The van der Waals surface area contributed by atoms with Gasteiger partial charge in [-0.05, 0) is 37.1 Å². The van der Waals surface area contributed by atoms with Crippen molar-refractivity contribution < 1.29 is 22.7 Å². The molecule has 0 saturated carbocycles. The van der Waals surface area contributed by atoms with Crippen molar-refractivity contribution in [3.63, 3.8) is 0 Å². The molecule has 31 heavy (non-hydrogen) atoms. The number of aromatic nitrogens is 1. The molecule has 2 heterocycles. The maximum Gasteiger partial charge on any atom is 0.244 e. The molecule has 10 heteroatoms. The number of sulfonamides is 1. The summed E-state index contributed by atoms with van der Waals surface area (Å²) in [6, 6.07) is 11.4. The maximum absolute atomic E-state index is 12.9. The third-order valence-corrected chi connectivity index (χ3v) is 6.96. The molecule has 0 bridgehead atoms. The van der Waals surface area contributed by atoms with Gasteiger partial charge in [0, 0.05) is 32.3 Å². The molecule has 0 unspecified atom stereocenters. The van der Waals surface area contributed by atoms with E-state index in [9.17, 15) is 18.5 Å². The average Bonchev–Trinajstić information content (AvgIpc) is 2.80. The lowest BCUT2D eigenvalue weighted by atomic mass is 9.97. The smallest absolute Gasteiger partial charge is 0.244 e. The number of pyridine rings is 1. The first-order valence-electron chi connectivity index (χ1n) is 9.84. The molecule has 164 valence electrons. The van der Waals surface area contributed by atoms with Crippen molar-refractivity contribution >= 4 is 21.6 Å². The second-order valence-corrected chi connectivity index (χ2v) is 8.88. The fourth-order valence-corrected chi connectivity index (χ4v) is 4.95. The average molecular weight is 445 g/mol. The van der Waals surface area contributed by atoms with Gasteiger partial charge >= 0.3 is 0 Å². The summed E-state index contributed by atoms with van der Waals surface area (Å²) in [6.07, 6.45) is 2.32. The van der Waals surface area contributed by atoms with Crippen molar-refractivity contribution in [2.75, 3.05) is 38.7 Å². The Morgan fingerprint density at radius 2 is 1.97 bits per heavy atom. The van der Waals surface area contributed by atoms with Gasteiger partial charge in [0.25, 0.3) is 0 Å². The lowest BCUT2D eigenvalue weighted by molar-refractivity contribution is -0.120. The zero-order chi connectivity index (χ0) is 22.3. The number of methoxy groups -OCH3 is 1. The topological polar surface area (TPSA) is 122 Å². The number of hydrogen-bond acceptors (Lipinski definition) is 7. The first-order valence-corrected chi connectivity index (χ1v) is 11.3. The SMILES string of the molecule is COCCOc1ncccc1NC(=O)C1CCN(S(=O)(=O)c2ccccc2C#N)CC1. The quantitative estimate of drug-likeness (QED) is 0.618. The van der Waals surface area contributed by atoms with Crippen LogP contribution in [0.5, 0.6) is 5.88 Å². The Kier molecular flexibility index (Phi) is 7.57. The number of piperidine rings is 1. The highest BCUT2D eigenvalue weighted by Crippen LogP contribution is 2.27. The highest BCUT2D eigenvalue weighted by molar-refractivity contribution is 7.89. The van der Waals surface area contributed by atoms with Crippen LogP contribution < -0.4 is 10.1 Å². The summed E-state index contributed by atoms with van der Waals surface area (Å²) in [5, 5.41) is 12.0. The molecule has 2 aromatic rings. The number of amides is 1. The van der Waals surface area contributed by atoms with Crippen LogP contribution in [0.1, 0.15) is 18.4 Å². The molecule has 1 aromatic carbocycles. The Morgan fingerprint density at radius 1 is 1.23 bits per heavy atom. The molecular formula is C21H24N4O5S. The number of nitriles is 1. The van der Waals surface area contributed by atoms with Crippen LogP contribution in [-0.2, 0) is 19.6 Å². The minimum Gasteiger partial charge on any atom is -0.474 e. The molecule has 1 aliphatic rings. The van der Waals surface area contributed by atoms with E-state index in [2.05, 4.69) is 10.3 Å². The molecular weight excluding hydrogens is 420 g/mol. The predicted molar refractivity (Wildman–Crippen MR) is 113 cm³/mol. The van der Waals surface area contributed by atoms with Crippen molar-refractivity contribution in [2.24, 2.45) is 5.92 Å². The molecule has 3 rings (SSSR count). The summed E-state index contributed by atoms with van der Waals surface area (Å²) in [5.41, 5.74) is 0.571. The van der Waals surface area contributed by atoms with Crippen LogP contribution in [0.4, 0.5) is 5.69 Å². The monoisotopic (exact) mass is 444 g/mol. The molecule has 9 nitrogen and oxygen atoms in total. The molecule has 1 fully saturated rings. The number of carbonyl (C=O) groups excluding carboxylic acids is 1. The number of carbonyl (C=O) groups is 1. The summed E-state index contributed by atoms with van der Waals surface area (Å²) in [4.78, 5) is 16.9. The zero-order valence-corrected chi connectivity index (χ0v) is 18.0. The van der Waals surface area contributed by atoms with E-state index in [1.54, 1.807) is 37.6 Å². The molecule has 1 saturated heterocycles. The van der Waals surface area contributed by atoms with E-state index >= 15 is 0 Å². The first kappa shape index (κ1) is 22.7. The van der Waals surface area contributed by atoms with Gasteiger partial charge in [0.05, 0.1) is 17.1 Å². The van der Waals surface area contributed by atoms with Gasteiger partial charge in [-0.3, -0.25) is 4.79 Å². The molecule has 1 amide bonds. The third-order valence-electron chi connectivity index (χ3n) is 5.01. The fourth-order valence-electron chi connectivity index (χ4n) is 3.34. The minimum absolute atomic E-state index is 0.00592. The zero-order valence-electron chi connectivity index (χ0n) is 17.2. The van der Waals surface area contributed by atoms with Crippen molar-refractivity contribution in [1.29, 1.82) is 5.26 Å². The van der Waals surface area contributed by atoms with E-state index in [0.717, 1.165) is 0 Å². The molecule has 1 aliphatic heterocycles. The first-order chi connectivity index (χ1) is 15.0. The fraction of sp³-hybridized carbons (Fsp3) is 0.381. The van der Waals surface area contributed by atoms with Crippen molar-refractivity contribution in [3.8, 4) is 11.9 Å². The summed E-state index contributed by atoms with van der Waals surface area (Å²) in [6.45, 7) is 1.09. The van der Waals surface area contributed by atoms with Crippen molar-refractivity contribution in [1.82, 2.24) is 9.29 Å². The number of anilines is 1. The van der Waals surface area contributed by atoms with Gasteiger partial charge < -0.3 is 14.8 Å². The Balaban J connectivity index is 1.63. The number of nitrogens with zero attached hydrogens (tertiary/aromatic N) is 3. The number of hydrogen-bond donors (Lipinski definition) is 1. The van der Waals surface area contributed by atoms with E-state index < -0.39 is 10.0 Å². The number of benzene rings is 1. The van der Waals surface area contributed by atoms with Crippen LogP contribution >= 0.6 is 0 Å². The van der Waals surface area contributed by atoms with E-state index in [0.29, 0.717) is 37.6 Å². The minimum atomic E-state index is -3.80. The van der Waals surface area contributed by atoms with Crippen LogP contribution in [0.3, 0.4) is 0 Å². The summed E-state index contributed by atoms with van der Waals surface area (Å²) in [7, 11) is -2.23. The van der Waals surface area contributed by atoms with Gasteiger partial charge in [0.15, 0.2) is 0 Å². The lowest BCUT2D eigenvalue weighted by Crippen LogP contribution is -2.41. The lowest BCUT2D eigenvalue weighted by Gasteiger charge is -2.30. The Bertz CT molecular complexity index is 1060. The normalized spacial score (nSPS) is 15.2. The number of nitrogens with one attached hydrogen (secondary N) is 1. The van der Waals surface area contributed by atoms with E-state index in [1.165, 1.54) is 16.4 Å². The molecule has 0 spiro atoms. The largest absolute Gasteiger partial charge is 0.474 e. The van der Waals surface area contributed by atoms with Gasteiger partial charge in [-0.15, -0.1) is 0 Å². The Morgan fingerprint density at radius 3 is 2.68 bits per heavy atom. The summed E-state index contributed by atoms with van der Waals surface area (Å²) in [5.74, 6) is -0.246. The number of rotatable bonds is 8. The second kappa shape index (κ2) is 10.3. The summed E-state index contributed by atoms with van der Waals surface area (Å²) >= 11 is 0. The Labute approximate surface area is 181 Å². The highest BCUT2D eigenvalue weighted by Gasteiger charge is 2.33. The summed E-state index contributed by atoms with van der Waals surface area (Å²) < 4.78 is 37.7. The van der Waals surface area contributed by atoms with E-state index in [4.69, 9.17) is 9.47 Å². The van der Waals surface area contributed by atoms with Gasteiger partial charge in [0.1, 0.15) is 18.4 Å². The molecule has 0 aliphatic carbocycles. The third kappa shape index (κ3) is 5.38. The van der Waals surface area contributed by atoms with Gasteiger partial charge in [-0.2, -0.15) is 9.57 Å².